The van der Waals surface area contributed by atoms with Crippen molar-refractivity contribution >= 4 is 11.6 Å². The summed E-state index contributed by atoms with van der Waals surface area (Å²) in [5.41, 5.74) is 7.85. The molecular weight excluding hydrogens is 176 g/mol. The molecule has 0 aromatic heterocycles. The molecule has 0 fully saturated rings. The molecule has 1 amide bonds. The van der Waals surface area contributed by atoms with Crippen molar-refractivity contribution in [1.82, 2.24) is 5.32 Å². The largest absolute Gasteiger partial charge is 0.398 e. The number of hydrogen-bond donors (Lipinski definition) is 2. The zero-order valence-electron chi connectivity index (χ0n) is 8.79. The van der Waals surface area contributed by atoms with E-state index in [1.54, 1.807) is 18.2 Å². The molecule has 1 aromatic rings. The van der Waals surface area contributed by atoms with Crippen molar-refractivity contribution in [2.45, 2.75) is 26.8 Å². The lowest BCUT2D eigenvalue weighted by molar-refractivity contribution is 0.0942. The summed E-state index contributed by atoms with van der Waals surface area (Å²) < 4.78 is 0. The number of rotatable bonds is 2. The van der Waals surface area contributed by atoms with Gasteiger partial charge in [-0.15, -0.1) is 0 Å². The van der Waals surface area contributed by atoms with Gasteiger partial charge in [-0.2, -0.15) is 0 Å². The maximum Gasteiger partial charge on any atom is 0.251 e. The van der Waals surface area contributed by atoms with Gasteiger partial charge in [-0.3, -0.25) is 4.79 Å². The van der Waals surface area contributed by atoms with Crippen molar-refractivity contribution in [3.8, 4) is 0 Å². The molecule has 0 saturated heterocycles. The van der Waals surface area contributed by atoms with Gasteiger partial charge in [0.25, 0.3) is 5.91 Å². The van der Waals surface area contributed by atoms with Crippen LogP contribution in [0.25, 0.3) is 0 Å². The average Bonchev–Trinajstić information content (AvgIpc) is 2.08. The van der Waals surface area contributed by atoms with Crippen LogP contribution in [0, 0.1) is 6.92 Å². The lowest BCUT2D eigenvalue weighted by Crippen LogP contribution is -2.30. The van der Waals surface area contributed by atoms with E-state index in [4.69, 9.17) is 5.73 Å². The number of amides is 1. The van der Waals surface area contributed by atoms with Crippen LogP contribution >= 0.6 is 0 Å². The Kier molecular flexibility index (Phi) is 3.12. The van der Waals surface area contributed by atoms with Gasteiger partial charge in [-0.1, -0.05) is 6.07 Å². The summed E-state index contributed by atoms with van der Waals surface area (Å²) in [6.45, 7) is 5.71. The first-order valence-electron chi connectivity index (χ1n) is 4.68. The van der Waals surface area contributed by atoms with E-state index in [9.17, 15) is 4.79 Å². The van der Waals surface area contributed by atoms with E-state index < -0.39 is 0 Å². The van der Waals surface area contributed by atoms with Crippen molar-refractivity contribution in [2.24, 2.45) is 0 Å². The predicted octanol–water partition coefficient (Wildman–Crippen LogP) is 1.72. The van der Waals surface area contributed by atoms with Crippen molar-refractivity contribution in [2.75, 3.05) is 5.73 Å². The van der Waals surface area contributed by atoms with Crippen LogP contribution in [0.3, 0.4) is 0 Å². The molecule has 3 N–H and O–H groups in total. The van der Waals surface area contributed by atoms with Gasteiger partial charge in [0.05, 0.1) is 0 Å². The topological polar surface area (TPSA) is 55.1 Å². The maximum atomic E-state index is 11.7. The minimum Gasteiger partial charge on any atom is -0.398 e. The fourth-order valence-electron chi connectivity index (χ4n) is 1.24. The molecule has 0 spiro atoms. The smallest absolute Gasteiger partial charge is 0.251 e. The molecule has 0 unspecified atom stereocenters. The zero-order chi connectivity index (χ0) is 10.7. The summed E-state index contributed by atoms with van der Waals surface area (Å²) in [5.74, 6) is -0.0650. The second kappa shape index (κ2) is 4.13. The highest BCUT2D eigenvalue weighted by molar-refractivity contribution is 5.96. The Morgan fingerprint density at radius 1 is 1.43 bits per heavy atom. The van der Waals surface area contributed by atoms with Gasteiger partial charge in [-0.05, 0) is 38.5 Å². The molecule has 1 aromatic carbocycles. The second-order valence-corrected chi connectivity index (χ2v) is 3.65. The van der Waals surface area contributed by atoms with Gasteiger partial charge < -0.3 is 11.1 Å². The molecule has 76 valence electrons. The highest BCUT2D eigenvalue weighted by Gasteiger charge is 2.10. The van der Waals surface area contributed by atoms with Gasteiger partial charge in [-0.25, -0.2) is 0 Å². The third-order valence-electron chi connectivity index (χ3n) is 2.04. The standard InChI is InChI=1S/C11H16N2O/c1-7(2)13-11(14)9-5-4-6-10(12)8(9)3/h4-7H,12H2,1-3H3,(H,13,14). The van der Waals surface area contributed by atoms with Crippen LogP contribution in [0.5, 0.6) is 0 Å². The Morgan fingerprint density at radius 3 is 2.64 bits per heavy atom. The Balaban J connectivity index is 2.96. The first kappa shape index (κ1) is 10.6. The number of hydrogen-bond acceptors (Lipinski definition) is 2. The SMILES string of the molecule is Cc1c(N)cccc1C(=O)NC(C)C. The predicted molar refractivity (Wildman–Crippen MR) is 58.2 cm³/mol. The number of nitrogens with two attached hydrogens (primary N) is 1. The third kappa shape index (κ3) is 2.25. The van der Waals surface area contributed by atoms with E-state index in [2.05, 4.69) is 5.32 Å². The number of nitrogen functional groups attached to an aromatic ring is 1. The van der Waals surface area contributed by atoms with E-state index in [-0.39, 0.29) is 11.9 Å². The van der Waals surface area contributed by atoms with Gasteiger partial charge in [0.15, 0.2) is 0 Å². The van der Waals surface area contributed by atoms with Gasteiger partial charge in [0.1, 0.15) is 0 Å². The number of carbonyl (C=O) groups excluding carboxylic acids is 1. The van der Waals surface area contributed by atoms with Crippen LogP contribution in [0.15, 0.2) is 18.2 Å². The molecule has 0 atom stereocenters. The molecule has 0 radical (unpaired) electrons. The van der Waals surface area contributed by atoms with Crippen molar-refractivity contribution in [1.29, 1.82) is 0 Å². The Labute approximate surface area is 84.3 Å². The first-order chi connectivity index (χ1) is 6.52. The van der Waals surface area contributed by atoms with Gasteiger partial charge in [0, 0.05) is 17.3 Å². The summed E-state index contributed by atoms with van der Waals surface area (Å²) in [7, 11) is 0. The third-order valence-corrected chi connectivity index (χ3v) is 2.04. The van der Waals surface area contributed by atoms with Crippen LogP contribution in [-0.4, -0.2) is 11.9 Å². The molecule has 3 heteroatoms. The van der Waals surface area contributed by atoms with E-state index >= 15 is 0 Å². The molecule has 0 saturated carbocycles. The van der Waals surface area contributed by atoms with E-state index in [1.807, 2.05) is 20.8 Å². The van der Waals surface area contributed by atoms with Crippen molar-refractivity contribution in [3.63, 3.8) is 0 Å². The minimum atomic E-state index is -0.0650. The lowest BCUT2D eigenvalue weighted by atomic mass is 10.1. The van der Waals surface area contributed by atoms with Gasteiger partial charge >= 0.3 is 0 Å². The van der Waals surface area contributed by atoms with Crippen LogP contribution in [-0.2, 0) is 0 Å². The van der Waals surface area contributed by atoms with Crippen LogP contribution < -0.4 is 11.1 Å². The number of carbonyl (C=O) groups is 1. The highest BCUT2D eigenvalue weighted by Crippen LogP contribution is 2.15. The van der Waals surface area contributed by atoms with Crippen molar-refractivity contribution in [3.05, 3.63) is 29.3 Å². The van der Waals surface area contributed by atoms with Crippen molar-refractivity contribution < 1.29 is 4.79 Å². The monoisotopic (exact) mass is 192 g/mol. The maximum absolute atomic E-state index is 11.7. The lowest BCUT2D eigenvalue weighted by Gasteiger charge is -2.11. The van der Waals surface area contributed by atoms with E-state index in [0.717, 1.165) is 5.56 Å². The molecule has 0 bridgehead atoms. The summed E-state index contributed by atoms with van der Waals surface area (Å²) in [5, 5.41) is 2.83. The highest BCUT2D eigenvalue weighted by atomic mass is 16.1. The summed E-state index contributed by atoms with van der Waals surface area (Å²) in [6.07, 6.45) is 0. The second-order valence-electron chi connectivity index (χ2n) is 3.65. The fourth-order valence-corrected chi connectivity index (χ4v) is 1.24. The molecule has 0 aliphatic rings. The Morgan fingerprint density at radius 2 is 2.07 bits per heavy atom. The molecule has 3 nitrogen and oxygen atoms in total. The minimum absolute atomic E-state index is 0.0650. The number of benzene rings is 1. The number of nitrogens with one attached hydrogen (secondary N) is 1. The molecule has 14 heavy (non-hydrogen) atoms. The van der Waals surface area contributed by atoms with Crippen LogP contribution in [0.1, 0.15) is 29.8 Å². The van der Waals surface area contributed by atoms with E-state index in [1.165, 1.54) is 0 Å². The quantitative estimate of drug-likeness (QED) is 0.701. The summed E-state index contributed by atoms with van der Waals surface area (Å²) in [6, 6.07) is 5.51. The average molecular weight is 192 g/mol. The number of anilines is 1. The molecule has 1 rings (SSSR count). The normalized spacial score (nSPS) is 10.3. The van der Waals surface area contributed by atoms with E-state index in [0.29, 0.717) is 11.3 Å². The molecule has 0 aliphatic heterocycles. The molecule has 0 heterocycles. The first-order valence-corrected chi connectivity index (χ1v) is 4.68. The van der Waals surface area contributed by atoms with Crippen LogP contribution in [0.2, 0.25) is 0 Å². The molecule has 0 aliphatic carbocycles. The summed E-state index contributed by atoms with van der Waals surface area (Å²) in [4.78, 5) is 11.7. The Bertz CT molecular complexity index is 345. The van der Waals surface area contributed by atoms with Crippen LogP contribution in [0.4, 0.5) is 5.69 Å². The fraction of sp³-hybridized carbons (Fsp3) is 0.364. The zero-order valence-corrected chi connectivity index (χ0v) is 8.79. The van der Waals surface area contributed by atoms with Gasteiger partial charge in [0.2, 0.25) is 0 Å². The Hall–Kier alpha value is -1.51. The molecular formula is C11H16N2O. The summed E-state index contributed by atoms with van der Waals surface area (Å²) >= 11 is 0.